The predicted molar refractivity (Wildman–Crippen MR) is 47.7 cm³/mol. The number of nitrogens with two attached hydrogens (primary N) is 1. The molecule has 3 rings (SSSR count). The lowest BCUT2D eigenvalue weighted by molar-refractivity contribution is 1.15. The van der Waals surface area contributed by atoms with E-state index in [1.165, 1.54) is 16.7 Å². The highest BCUT2D eigenvalue weighted by Crippen LogP contribution is 2.51. The van der Waals surface area contributed by atoms with Crippen molar-refractivity contribution in [1.82, 2.24) is 0 Å². The summed E-state index contributed by atoms with van der Waals surface area (Å²) in [6, 6.07) is 0. The Morgan fingerprint density at radius 2 is 2.25 bits per heavy atom. The lowest BCUT2D eigenvalue weighted by atomic mass is 10.0. The van der Waals surface area contributed by atoms with Crippen molar-refractivity contribution < 1.29 is 0 Å². The second-order valence-corrected chi connectivity index (χ2v) is 3.32. The molecule has 0 aliphatic heterocycles. The fraction of sp³-hybridized carbons (Fsp3) is 0.100. The molecule has 0 aromatic carbocycles. The standard InChI is InChI=1S/C10H8N2/c11-10(12)7-2-1-6-8-3-5(8)4-9(6)7/h1-4,8H,(H3,11,12). The number of fused-ring (bicyclic) bond motifs is 3. The van der Waals surface area contributed by atoms with Gasteiger partial charge in [0, 0.05) is 11.5 Å². The van der Waals surface area contributed by atoms with Crippen molar-refractivity contribution in [3.63, 3.8) is 0 Å². The van der Waals surface area contributed by atoms with Crippen LogP contribution in [0.5, 0.6) is 0 Å². The number of rotatable bonds is 1. The van der Waals surface area contributed by atoms with Gasteiger partial charge < -0.3 is 5.73 Å². The van der Waals surface area contributed by atoms with Crippen molar-refractivity contribution in [3.05, 3.63) is 46.6 Å². The molecule has 2 nitrogen and oxygen atoms in total. The van der Waals surface area contributed by atoms with Crippen molar-refractivity contribution in [2.75, 3.05) is 0 Å². The molecular weight excluding hydrogens is 148 g/mol. The summed E-state index contributed by atoms with van der Waals surface area (Å²) in [5.41, 5.74) is 10.2. The summed E-state index contributed by atoms with van der Waals surface area (Å²) in [5.74, 6) is 0.738. The molecule has 0 spiro atoms. The molecule has 0 radical (unpaired) electrons. The Morgan fingerprint density at radius 1 is 1.42 bits per heavy atom. The number of hydrogen-bond donors (Lipinski definition) is 2. The molecule has 0 saturated carbocycles. The third kappa shape index (κ3) is 0.537. The largest absolute Gasteiger partial charge is 0.384 e. The van der Waals surface area contributed by atoms with Crippen LogP contribution in [0.4, 0.5) is 0 Å². The SMILES string of the molecule is N=C(N)C1=CC=C2C1=CC1=CC12. The molecule has 58 valence electrons. The zero-order valence-corrected chi connectivity index (χ0v) is 6.46. The van der Waals surface area contributed by atoms with Crippen molar-refractivity contribution >= 4 is 5.84 Å². The average molecular weight is 156 g/mol. The van der Waals surface area contributed by atoms with Crippen LogP contribution >= 0.6 is 0 Å². The van der Waals surface area contributed by atoms with Crippen molar-refractivity contribution in [2.45, 2.75) is 0 Å². The lowest BCUT2D eigenvalue weighted by Crippen LogP contribution is -2.13. The highest BCUT2D eigenvalue weighted by molar-refractivity contribution is 6.03. The van der Waals surface area contributed by atoms with Crippen molar-refractivity contribution in [2.24, 2.45) is 11.7 Å². The Balaban J connectivity index is 2.10. The van der Waals surface area contributed by atoms with Crippen LogP contribution in [-0.2, 0) is 0 Å². The van der Waals surface area contributed by atoms with Gasteiger partial charge in [-0.05, 0) is 16.7 Å². The van der Waals surface area contributed by atoms with Gasteiger partial charge in [-0.15, -0.1) is 0 Å². The van der Waals surface area contributed by atoms with E-state index in [-0.39, 0.29) is 5.84 Å². The van der Waals surface area contributed by atoms with Gasteiger partial charge in [0.2, 0.25) is 0 Å². The first-order valence-corrected chi connectivity index (χ1v) is 3.98. The third-order valence-corrected chi connectivity index (χ3v) is 2.58. The minimum atomic E-state index is 0.175. The summed E-state index contributed by atoms with van der Waals surface area (Å²) in [6.45, 7) is 0. The minimum Gasteiger partial charge on any atom is -0.384 e. The smallest absolute Gasteiger partial charge is 0.123 e. The van der Waals surface area contributed by atoms with Gasteiger partial charge in [-0.1, -0.05) is 24.3 Å². The fourth-order valence-corrected chi connectivity index (χ4v) is 1.89. The van der Waals surface area contributed by atoms with Crippen LogP contribution in [0, 0.1) is 11.3 Å². The molecule has 0 bridgehead atoms. The molecule has 1 atom stereocenters. The molecule has 0 aromatic heterocycles. The Kier molecular flexibility index (Phi) is 0.803. The van der Waals surface area contributed by atoms with E-state index in [2.05, 4.69) is 18.2 Å². The topological polar surface area (TPSA) is 49.9 Å². The third-order valence-electron chi connectivity index (χ3n) is 2.58. The number of nitrogens with one attached hydrogen (secondary N) is 1. The summed E-state index contributed by atoms with van der Waals surface area (Å²) >= 11 is 0. The summed E-state index contributed by atoms with van der Waals surface area (Å²) in [5, 5.41) is 7.34. The second-order valence-electron chi connectivity index (χ2n) is 3.32. The van der Waals surface area contributed by atoms with E-state index in [4.69, 9.17) is 11.1 Å². The minimum absolute atomic E-state index is 0.175. The number of hydrogen-bond acceptors (Lipinski definition) is 1. The maximum Gasteiger partial charge on any atom is 0.123 e. The van der Waals surface area contributed by atoms with Gasteiger partial charge in [-0.3, -0.25) is 5.41 Å². The molecule has 3 aliphatic carbocycles. The summed E-state index contributed by atoms with van der Waals surface area (Å²) in [4.78, 5) is 0. The molecule has 3 N–H and O–H groups in total. The molecule has 3 aliphatic rings. The van der Waals surface area contributed by atoms with Gasteiger partial charge in [0.05, 0.1) is 0 Å². The second kappa shape index (κ2) is 1.61. The first kappa shape index (κ1) is 6.00. The lowest BCUT2D eigenvalue weighted by Gasteiger charge is -2.03. The molecule has 1 unspecified atom stereocenters. The Bertz CT molecular complexity index is 419. The van der Waals surface area contributed by atoms with Crippen LogP contribution in [0.1, 0.15) is 0 Å². The van der Waals surface area contributed by atoms with E-state index < -0.39 is 0 Å². The van der Waals surface area contributed by atoms with Crippen LogP contribution in [0.15, 0.2) is 46.6 Å². The average Bonchev–Trinajstić information content (AvgIpc) is 2.54. The summed E-state index contributed by atoms with van der Waals surface area (Å²) in [7, 11) is 0. The predicted octanol–water partition coefficient (Wildman–Crippen LogP) is 1.28. The van der Waals surface area contributed by atoms with Crippen LogP contribution in [0.2, 0.25) is 0 Å². The van der Waals surface area contributed by atoms with Crippen LogP contribution < -0.4 is 5.73 Å². The number of amidine groups is 1. The molecular formula is C10H8N2. The Labute approximate surface area is 70.3 Å². The van der Waals surface area contributed by atoms with Gasteiger partial charge in [0.25, 0.3) is 0 Å². The highest BCUT2D eigenvalue weighted by atomic mass is 14.7. The fourth-order valence-electron chi connectivity index (χ4n) is 1.89. The maximum absolute atomic E-state index is 7.34. The molecule has 0 fully saturated rings. The van der Waals surface area contributed by atoms with E-state index in [0.29, 0.717) is 5.92 Å². The van der Waals surface area contributed by atoms with Crippen LogP contribution in [-0.4, -0.2) is 5.84 Å². The van der Waals surface area contributed by atoms with Gasteiger partial charge in [-0.2, -0.15) is 0 Å². The molecule has 0 amide bonds. The first-order chi connectivity index (χ1) is 5.77. The van der Waals surface area contributed by atoms with Gasteiger partial charge in [0.15, 0.2) is 0 Å². The number of allylic oxidation sites excluding steroid dienone is 6. The Hall–Kier alpha value is -1.57. The molecule has 0 saturated heterocycles. The first-order valence-electron chi connectivity index (χ1n) is 3.98. The van der Waals surface area contributed by atoms with E-state index in [9.17, 15) is 0 Å². The van der Waals surface area contributed by atoms with Crippen LogP contribution in [0.3, 0.4) is 0 Å². The zero-order chi connectivity index (χ0) is 8.29. The molecule has 0 heterocycles. The van der Waals surface area contributed by atoms with E-state index in [1.54, 1.807) is 0 Å². The van der Waals surface area contributed by atoms with Crippen molar-refractivity contribution in [1.29, 1.82) is 5.41 Å². The van der Waals surface area contributed by atoms with Crippen LogP contribution in [0.25, 0.3) is 0 Å². The molecule has 0 aromatic rings. The summed E-state index contributed by atoms with van der Waals surface area (Å²) < 4.78 is 0. The van der Waals surface area contributed by atoms with Crippen molar-refractivity contribution in [3.8, 4) is 0 Å². The molecule has 12 heavy (non-hydrogen) atoms. The van der Waals surface area contributed by atoms with E-state index in [0.717, 1.165) is 5.57 Å². The monoisotopic (exact) mass is 156 g/mol. The Morgan fingerprint density at radius 3 is 3.00 bits per heavy atom. The van der Waals surface area contributed by atoms with Gasteiger partial charge in [0.1, 0.15) is 5.84 Å². The van der Waals surface area contributed by atoms with Gasteiger partial charge >= 0.3 is 0 Å². The van der Waals surface area contributed by atoms with Gasteiger partial charge in [-0.25, -0.2) is 0 Å². The van der Waals surface area contributed by atoms with E-state index in [1.807, 2.05) is 6.08 Å². The molecule has 2 heteroatoms. The van der Waals surface area contributed by atoms with E-state index >= 15 is 0 Å². The summed E-state index contributed by atoms with van der Waals surface area (Å²) in [6.07, 6.45) is 8.37. The zero-order valence-electron chi connectivity index (χ0n) is 6.46. The maximum atomic E-state index is 7.34. The highest BCUT2D eigenvalue weighted by Gasteiger charge is 2.38. The normalized spacial score (nSPS) is 28.2. The quantitative estimate of drug-likeness (QED) is 0.436.